The summed E-state index contributed by atoms with van der Waals surface area (Å²) < 4.78 is 5.13. The van der Waals surface area contributed by atoms with Gasteiger partial charge in [-0.15, -0.1) is 0 Å². The van der Waals surface area contributed by atoms with Gasteiger partial charge in [0.2, 0.25) is 5.91 Å². The van der Waals surface area contributed by atoms with Crippen molar-refractivity contribution < 1.29 is 14.3 Å². The number of nitrogens with one attached hydrogen (secondary N) is 1. The summed E-state index contributed by atoms with van der Waals surface area (Å²) in [6.45, 7) is 2.04. The first-order valence-electron chi connectivity index (χ1n) is 6.39. The lowest BCUT2D eigenvalue weighted by molar-refractivity contribution is -0.136. The molecule has 0 aromatic carbocycles. The molecular formula is C13H18N2O3. The third-order valence-electron chi connectivity index (χ3n) is 3.74. The Morgan fingerprint density at radius 1 is 1.56 bits per heavy atom. The first kappa shape index (κ1) is 11.7. The Morgan fingerprint density at radius 2 is 2.33 bits per heavy atom. The number of likely N-dealkylation sites (tertiary alicyclic amines) is 1. The van der Waals surface area contributed by atoms with Gasteiger partial charge in [-0.05, 0) is 30.9 Å². The van der Waals surface area contributed by atoms with E-state index in [0.717, 1.165) is 18.6 Å². The van der Waals surface area contributed by atoms with Crippen molar-refractivity contribution in [2.75, 3.05) is 19.6 Å². The summed E-state index contributed by atoms with van der Waals surface area (Å²) >= 11 is 0. The van der Waals surface area contributed by atoms with Gasteiger partial charge < -0.3 is 14.8 Å². The predicted molar refractivity (Wildman–Crippen MR) is 64.7 cm³/mol. The fourth-order valence-electron chi connectivity index (χ4n) is 2.58. The molecule has 0 radical (unpaired) electrons. The molecule has 0 atom stereocenters. The molecule has 18 heavy (non-hydrogen) atoms. The number of furan rings is 1. The molecule has 2 fully saturated rings. The maximum atomic E-state index is 11.7. The summed E-state index contributed by atoms with van der Waals surface area (Å²) in [5.74, 6) is 1.20. The fraction of sp³-hybridized carbons (Fsp3) is 0.615. The monoisotopic (exact) mass is 250 g/mol. The van der Waals surface area contributed by atoms with Gasteiger partial charge in [-0.2, -0.15) is 0 Å². The van der Waals surface area contributed by atoms with Gasteiger partial charge in [-0.25, -0.2) is 0 Å². The molecule has 5 nitrogen and oxygen atoms in total. The van der Waals surface area contributed by atoms with E-state index in [1.54, 1.807) is 12.3 Å². The van der Waals surface area contributed by atoms with Crippen molar-refractivity contribution >= 4 is 5.91 Å². The van der Waals surface area contributed by atoms with Crippen molar-refractivity contribution in [2.45, 2.75) is 25.0 Å². The van der Waals surface area contributed by atoms with Crippen LogP contribution in [0.4, 0.5) is 0 Å². The molecule has 0 bridgehead atoms. The lowest BCUT2D eigenvalue weighted by atomic mass is 9.89. The van der Waals surface area contributed by atoms with Crippen LogP contribution >= 0.6 is 0 Å². The molecule has 2 heterocycles. The smallest absolute Gasteiger partial charge is 0.234 e. The van der Waals surface area contributed by atoms with Crippen LogP contribution in [0.2, 0.25) is 0 Å². The van der Waals surface area contributed by atoms with Gasteiger partial charge in [0.25, 0.3) is 0 Å². The second-order valence-electron chi connectivity index (χ2n) is 5.38. The van der Waals surface area contributed by atoms with Crippen molar-refractivity contribution in [1.82, 2.24) is 10.2 Å². The van der Waals surface area contributed by atoms with Gasteiger partial charge >= 0.3 is 0 Å². The maximum Gasteiger partial charge on any atom is 0.234 e. The highest BCUT2D eigenvalue weighted by Crippen LogP contribution is 2.44. The van der Waals surface area contributed by atoms with Gasteiger partial charge in [0, 0.05) is 13.1 Å². The van der Waals surface area contributed by atoms with E-state index in [1.165, 1.54) is 0 Å². The SMILES string of the molecule is O=C(CN1CC(O)(C2CC2)C1)NCc1ccco1. The maximum absolute atomic E-state index is 11.7. The molecule has 5 heteroatoms. The van der Waals surface area contributed by atoms with E-state index in [-0.39, 0.29) is 5.91 Å². The highest BCUT2D eigenvalue weighted by Gasteiger charge is 2.51. The zero-order valence-electron chi connectivity index (χ0n) is 10.3. The number of carbonyl (C=O) groups excluding carboxylic acids is 1. The van der Waals surface area contributed by atoms with Crippen LogP contribution in [0.3, 0.4) is 0 Å². The average Bonchev–Trinajstić information content (AvgIpc) is 3.03. The number of amides is 1. The van der Waals surface area contributed by atoms with Crippen LogP contribution in [-0.2, 0) is 11.3 Å². The van der Waals surface area contributed by atoms with E-state index in [9.17, 15) is 9.90 Å². The molecule has 98 valence electrons. The lowest BCUT2D eigenvalue weighted by Crippen LogP contribution is -2.64. The largest absolute Gasteiger partial charge is 0.467 e. The van der Waals surface area contributed by atoms with Gasteiger partial charge in [0.1, 0.15) is 5.76 Å². The number of hydrogen-bond acceptors (Lipinski definition) is 4. The molecule has 1 aliphatic carbocycles. The van der Waals surface area contributed by atoms with E-state index in [0.29, 0.717) is 32.1 Å². The van der Waals surface area contributed by atoms with Crippen molar-refractivity contribution in [2.24, 2.45) is 5.92 Å². The van der Waals surface area contributed by atoms with E-state index in [4.69, 9.17) is 4.42 Å². The number of nitrogens with zero attached hydrogens (tertiary/aromatic N) is 1. The average molecular weight is 250 g/mol. The Balaban J connectivity index is 1.37. The van der Waals surface area contributed by atoms with Crippen molar-refractivity contribution in [1.29, 1.82) is 0 Å². The Kier molecular flexibility index (Phi) is 2.87. The van der Waals surface area contributed by atoms with E-state index in [2.05, 4.69) is 5.32 Å². The van der Waals surface area contributed by atoms with Crippen molar-refractivity contribution in [3.05, 3.63) is 24.2 Å². The van der Waals surface area contributed by atoms with Crippen LogP contribution in [0, 0.1) is 5.92 Å². The lowest BCUT2D eigenvalue weighted by Gasteiger charge is -2.46. The summed E-state index contributed by atoms with van der Waals surface area (Å²) in [6.07, 6.45) is 3.86. The Hall–Kier alpha value is -1.33. The number of β-amino-alcohol motifs (C(OH)–C–C–N with tert-alkyl or cyclic N) is 1. The molecule has 3 rings (SSSR count). The molecule has 0 spiro atoms. The van der Waals surface area contributed by atoms with Gasteiger partial charge in [0.05, 0.1) is 25.0 Å². The topological polar surface area (TPSA) is 65.7 Å². The van der Waals surface area contributed by atoms with Crippen LogP contribution < -0.4 is 5.32 Å². The second-order valence-corrected chi connectivity index (χ2v) is 5.38. The molecule has 1 aromatic rings. The fourth-order valence-corrected chi connectivity index (χ4v) is 2.58. The van der Waals surface area contributed by atoms with Crippen LogP contribution in [0.1, 0.15) is 18.6 Å². The molecule has 1 saturated carbocycles. The molecule has 1 saturated heterocycles. The Morgan fingerprint density at radius 3 is 2.94 bits per heavy atom. The quantitative estimate of drug-likeness (QED) is 0.791. The summed E-state index contributed by atoms with van der Waals surface area (Å²) in [7, 11) is 0. The van der Waals surface area contributed by atoms with Gasteiger partial charge in [-0.1, -0.05) is 0 Å². The van der Waals surface area contributed by atoms with E-state index >= 15 is 0 Å². The number of carbonyl (C=O) groups is 1. The molecule has 1 amide bonds. The summed E-state index contributed by atoms with van der Waals surface area (Å²) in [4.78, 5) is 13.6. The molecule has 2 aliphatic rings. The van der Waals surface area contributed by atoms with Gasteiger partial charge in [-0.3, -0.25) is 9.69 Å². The molecule has 0 unspecified atom stereocenters. The first-order chi connectivity index (χ1) is 8.66. The van der Waals surface area contributed by atoms with Crippen LogP contribution in [0.15, 0.2) is 22.8 Å². The molecular weight excluding hydrogens is 232 g/mol. The van der Waals surface area contributed by atoms with E-state index < -0.39 is 5.60 Å². The third kappa shape index (κ3) is 2.42. The first-order valence-corrected chi connectivity index (χ1v) is 6.39. The standard InChI is InChI=1S/C13H18N2O3/c16-12(14-6-11-2-1-5-18-11)7-15-8-13(17,9-15)10-3-4-10/h1-2,5,10,17H,3-4,6-9H2,(H,14,16). The van der Waals surface area contributed by atoms with Crippen molar-refractivity contribution in [3.8, 4) is 0 Å². The highest BCUT2D eigenvalue weighted by molar-refractivity contribution is 5.78. The van der Waals surface area contributed by atoms with Crippen molar-refractivity contribution in [3.63, 3.8) is 0 Å². The Labute approximate surface area is 106 Å². The Bertz CT molecular complexity index is 419. The normalized spacial score (nSPS) is 22.5. The minimum absolute atomic E-state index is 0.0238. The van der Waals surface area contributed by atoms with Crippen LogP contribution in [-0.4, -0.2) is 41.1 Å². The minimum Gasteiger partial charge on any atom is -0.467 e. The molecule has 2 N–H and O–H groups in total. The highest BCUT2D eigenvalue weighted by atomic mass is 16.3. The predicted octanol–water partition coefficient (Wildman–Crippen LogP) is 0.352. The third-order valence-corrected chi connectivity index (χ3v) is 3.74. The number of aliphatic hydroxyl groups is 1. The minimum atomic E-state index is -0.513. The second kappa shape index (κ2) is 4.40. The zero-order valence-corrected chi connectivity index (χ0v) is 10.3. The van der Waals surface area contributed by atoms with Gasteiger partial charge in [0.15, 0.2) is 0 Å². The van der Waals surface area contributed by atoms with Crippen LogP contribution in [0.5, 0.6) is 0 Å². The number of hydrogen-bond donors (Lipinski definition) is 2. The number of rotatable bonds is 5. The van der Waals surface area contributed by atoms with Crippen LogP contribution in [0.25, 0.3) is 0 Å². The summed E-state index contributed by atoms with van der Waals surface area (Å²) in [6, 6.07) is 3.63. The molecule has 1 aromatic heterocycles. The zero-order chi connectivity index (χ0) is 12.6. The van der Waals surface area contributed by atoms with E-state index in [1.807, 2.05) is 11.0 Å². The summed E-state index contributed by atoms with van der Waals surface area (Å²) in [5, 5.41) is 12.9. The molecule has 1 aliphatic heterocycles. The summed E-state index contributed by atoms with van der Waals surface area (Å²) in [5.41, 5.74) is -0.513.